The highest BCUT2D eigenvalue weighted by molar-refractivity contribution is 7.80. The molecule has 1 aliphatic rings. The van der Waals surface area contributed by atoms with Crippen LogP contribution in [0, 0.1) is 0 Å². The molecule has 2 rings (SSSR count). The maximum atomic E-state index is 12.6. The van der Waals surface area contributed by atoms with Gasteiger partial charge in [-0.25, -0.2) is 10.6 Å². The minimum atomic E-state index is -0.434. The van der Waals surface area contributed by atoms with Crippen molar-refractivity contribution < 1.29 is 9.53 Å². The number of amides is 1. The smallest absolute Gasteiger partial charge is 0.410 e. The fourth-order valence-corrected chi connectivity index (χ4v) is 3.72. The highest BCUT2D eigenvalue weighted by atomic mass is 35.5. The van der Waals surface area contributed by atoms with Gasteiger partial charge in [0.05, 0.1) is 11.6 Å². The van der Waals surface area contributed by atoms with Crippen molar-refractivity contribution in [1.29, 1.82) is 0 Å². The Kier molecular flexibility index (Phi) is 7.67. The Morgan fingerprint density at radius 2 is 2.26 bits per heavy atom. The molecule has 27 heavy (non-hydrogen) atoms. The lowest BCUT2D eigenvalue weighted by Gasteiger charge is -2.45. The van der Waals surface area contributed by atoms with E-state index in [1.54, 1.807) is 0 Å². The van der Waals surface area contributed by atoms with E-state index in [1.807, 2.05) is 36.9 Å². The second kappa shape index (κ2) is 9.54. The Balaban J connectivity index is 2.30. The van der Waals surface area contributed by atoms with Gasteiger partial charge in [-0.15, -0.1) is 11.6 Å². The van der Waals surface area contributed by atoms with Gasteiger partial charge in [-0.2, -0.15) is 0 Å². The molecule has 1 heterocycles. The van der Waals surface area contributed by atoms with E-state index in [1.165, 1.54) is 0 Å². The van der Waals surface area contributed by atoms with Gasteiger partial charge in [0.15, 0.2) is 5.11 Å². The van der Waals surface area contributed by atoms with E-state index < -0.39 is 5.54 Å². The second-order valence-corrected chi connectivity index (χ2v) is 7.79. The van der Waals surface area contributed by atoms with E-state index in [-0.39, 0.29) is 12.2 Å². The fraction of sp³-hybridized carbons (Fsp3) is 0.556. The van der Waals surface area contributed by atoms with Gasteiger partial charge in [0, 0.05) is 31.2 Å². The molecule has 1 aliphatic heterocycles. The van der Waals surface area contributed by atoms with E-state index >= 15 is 0 Å². The van der Waals surface area contributed by atoms with E-state index in [9.17, 15) is 4.79 Å². The molecule has 0 aromatic heterocycles. The first kappa shape index (κ1) is 21.7. The molecule has 9 heteroatoms. The third kappa shape index (κ3) is 5.44. The molecule has 1 fully saturated rings. The van der Waals surface area contributed by atoms with Crippen LogP contribution in [-0.2, 0) is 17.0 Å². The second-order valence-electron chi connectivity index (χ2n) is 7.11. The summed E-state index contributed by atoms with van der Waals surface area (Å²) in [6.07, 6.45) is 0.185. The summed E-state index contributed by atoms with van der Waals surface area (Å²) >= 11 is 11.3. The average molecular weight is 414 g/mol. The number of halogens is 1. The summed E-state index contributed by atoms with van der Waals surface area (Å²) in [4.78, 5) is 14.4. The molecule has 0 saturated carbocycles. The molecule has 0 unspecified atom stereocenters. The predicted octanol–water partition coefficient (Wildman–Crippen LogP) is 2.34. The number of benzene rings is 1. The number of nitrogens with two attached hydrogens (primary N) is 1. The van der Waals surface area contributed by atoms with Crippen molar-refractivity contribution in [3.63, 3.8) is 0 Å². The van der Waals surface area contributed by atoms with Crippen molar-refractivity contribution in [2.45, 2.75) is 44.7 Å². The normalized spacial score (nSPS) is 19.7. The fourth-order valence-electron chi connectivity index (χ4n) is 3.29. The zero-order chi connectivity index (χ0) is 20.0. The van der Waals surface area contributed by atoms with Crippen LogP contribution in [0.2, 0.25) is 0 Å². The first-order chi connectivity index (χ1) is 12.8. The standard InChI is InChI=1S/C18H28ClN5O2S/c1-12(2)26-17(25)24-8-7-21-11-18(24,3)9-13-5-4-6-15(14(13)10-19)22-16(27)23-20/h4-6,12,21H,7-11,20H2,1-3H3,(H2,22,23,27)/t18-/m0/s1. The molecule has 0 aliphatic carbocycles. The number of hydrazine groups is 1. The molecule has 1 saturated heterocycles. The molecule has 0 bridgehead atoms. The maximum Gasteiger partial charge on any atom is 0.410 e. The number of carbonyl (C=O) groups excluding carboxylic acids is 1. The minimum absolute atomic E-state index is 0.160. The highest BCUT2D eigenvalue weighted by Gasteiger charge is 2.39. The van der Waals surface area contributed by atoms with E-state index in [0.717, 1.165) is 23.4 Å². The van der Waals surface area contributed by atoms with Gasteiger partial charge in [-0.05, 0) is 56.6 Å². The number of hydrogen-bond acceptors (Lipinski definition) is 5. The Bertz CT molecular complexity index is 688. The molecule has 0 radical (unpaired) electrons. The van der Waals surface area contributed by atoms with Crippen molar-refractivity contribution in [2.24, 2.45) is 5.84 Å². The number of ether oxygens (including phenoxy) is 1. The van der Waals surface area contributed by atoms with Crippen molar-refractivity contribution in [3.05, 3.63) is 29.3 Å². The van der Waals surface area contributed by atoms with Crippen LogP contribution < -0.4 is 21.9 Å². The Labute approximate surface area is 170 Å². The lowest BCUT2D eigenvalue weighted by Crippen LogP contribution is -2.62. The summed E-state index contributed by atoms with van der Waals surface area (Å²) in [6, 6.07) is 5.86. The third-order valence-electron chi connectivity index (χ3n) is 4.58. The number of alkyl halides is 1. The van der Waals surface area contributed by atoms with Crippen molar-refractivity contribution in [1.82, 2.24) is 15.6 Å². The molecule has 7 nitrogen and oxygen atoms in total. The number of rotatable bonds is 5. The van der Waals surface area contributed by atoms with Gasteiger partial charge in [0.2, 0.25) is 0 Å². The Hall–Kier alpha value is -1.61. The first-order valence-electron chi connectivity index (χ1n) is 8.94. The summed E-state index contributed by atoms with van der Waals surface area (Å²) in [5, 5.41) is 6.74. The van der Waals surface area contributed by atoms with E-state index in [0.29, 0.717) is 30.5 Å². The largest absolute Gasteiger partial charge is 0.447 e. The van der Waals surface area contributed by atoms with Crippen molar-refractivity contribution in [2.75, 3.05) is 25.0 Å². The predicted molar refractivity (Wildman–Crippen MR) is 113 cm³/mol. The number of carbonyl (C=O) groups is 1. The van der Waals surface area contributed by atoms with Gasteiger partial charge in [0.1, 0.15) is 0 Å². The first-order valence-corrected chi connectivity index (χ1v) is 9.88. The minimum Gasteiger partial charge on any atom is -0.447 e. The summed E-state index contributed by atoms with van der Waals surface area (Å²) in [6.45, 7) is 7.77. The number of nitrogens with one attached hydrogen (secondary N) is 3. The van der Waals surface area contributed by atoms with Crippen LogP contribution in [0.25, 0.3) is 0 Å². The van der Waals surface area contributed by atoms with Crippen LogP contribution in [0.5, 0.6) is 0 Å². The molecular weight excluding hydrogens is 386 g/mol. The van der Waals surface area contributed by atoms with Crippen molar-refractivity contribution in [3.8, 4) is 0 Å². The summed E-state index contributed by atoms with van der Waals surface area (Å²) in [5.41, 5.74) is 4.75. The van der Waals surface area contributed by atoms with Crippen LogP contribution >= 0.6 is 23.8 Å². The summed E-state index contributed by atoms with van der Waals surface area (Å²) < 4.78 is 5.45. The number of piperazine rings is 1. The lowest BCUT2D eigenvalue weighted by molar-refractivity contribution is 0.0272. The Morgan fingerprint density at radius 3 is 2.89 bits per heavy atom. The van der Waals surface area contributed by atoms with Crippen LogP contribution in [0.4, 0.5) is 10.5 Å². The van der Waals surface area contributed by atoms with Crippen LogP contribution in [0.1, 0.15) is 31.9 Å². The third-order valence-corrected chi connectivity index (χ3v) is 5.07. The molecule has 0 spiro atoms. The molecule has 1 aromatic carbocycles. The highest BCUT2D eigenvalue weighted by Crippen LogP contribution is 2.29. The molecule has 5 N–H and O–H groups in total. The van der Waals surface area contributed by atoms with Gasteiger partial charge in [-0.1, -0.05) is 12.1 Å². The molecule has 150 valence electrons. The summed E-state index contributed by atoms with van der Waals surface area (Å²) in [5.74, 6) is 5.67. The molecule has 1 atom stereocenters. The van der Waals surface area contributed by atoms with Gasteiger partial charge < -0.3 is 20.8 Å². The quantitative estimate of drug-likeness (QED) is 0.255. The number of hydrogen-bond donors (Lipinski definition) is 4. The maximum absolute atomic E-state index is 12.6. The molecule has 1 amide bonds. The van der Waals surface area contributed by atoms with Gasteiger partial charge >= 0.3 is 6.09 Å². The summed E-state index contributed by atoms with van der Waals surface area (Å²) in [7, 11) is 0. The number of thiocarbonyl (C=S) groups is 1. The van der Waals surface area contributed by atoms with Crippen LogP contribution in [-0.4, -0.2) is 47.4 Å². The lowest BCUT2D eigenvalue weighted by atomic mass is 9.87. The average Bonchev–Trinajstić information content (AvgIpc) is 2.61. The SMILES string of the molecule is CC(C)OC(=O)N1CCNC[C@]1(C)Cc1cccc(NC(=S)NN)c1CCl. The number of anilines is 1. The Morgan fingerprint density at radius 1 is 1.52 bits per heavy atom. The van der Waals surface area contributed by atoms with E-state index in [4.69, 9.17) is 34.4 Å². The molecular formula is C18H28ClN5O2S. The topological polar surface area (TPSA) is 91.6 Å². The van der Waals surface area contributed by atoms with Gasteiger partial charge in [0.25, 0.3) is 0 Å². The van der Waals surface area contributed by atoms with Crippen LogP contribution in [0.15, 0.2) is 18.2 Å². The zero-order valence-corrected chi connectivity index (χ0v) is 17.5. The number of nitrogens with zero attached hydrogens (tertiary/aromatic N) is 1. The van der Waals surface area contributed by atoms with Crippen LogP contribution in [0.3, 0.4) is 0 Å². The molecule has 1 aromatic rings. The zero-order valence-electron chi connectivity index (χ0n) is 16.0. The van der Waals surface area contributed by atoms with E-state index in [2.05, 4.69) is 23.0 Å². The van der Waals surface area contributed by atoms with Gasteiger partial charge in [-0.3, -0.25) is 4.90 Å². The monoisotopic (exact) mass is 413 g/mol. The van der Waals surface area contributed by atoms with Crippen molar-refractivity contribution >= 4 is 40.7 Å².